The molecule has 2 fully saturated rings. The van der Waals surface area contributed by atoms with Crippen molar-refractivity contribution in [3.63, 3.8) is 0 Å². The summed E-state index contributed by atoms with van der Waals surface area (Å²) in [6.45, 7) is 1.83. The van der Waals surface area contributed by atoms with Crippen LogP contribution in [-0.2, 0) is 9.53 Å². The largest absolute Gasteiger partial charge is 0.492 e. The lowest BCUT2D eigenvalue weighted by Gasteiger charge is -2.36. The number of likely N-dealkylation sites (tertiary alicyclic amines) is 1. The van der Waals surface area contributed by atoms with Crippen LogP contribution >= 0.6 is 0 Å². The van der Waals surface area contributed by atoms with Crippen molar-refractivity contribution in [1.29, 1.82) is 0 Å². The fraction of sp³-hybridized carbons (Fsp3) is 0.474. The molecule has 2 aromatic rings. The summed E-state index contributed by atoms with van der Waals surface area (Å²) in [5, 5.41) is 3.52. The van der Waals surface area contributed by atoms with Gasteiger partial charge in [-0.3, -0.25) is 9.59 Å². The summed E-state index contributed by atoms with van der Waals surface area (Å²) in [6, 6.07) is 7.38. The number of amides is 2. The Labute approximate surface area is 151 Å². The number of hydrogen-bond acceptors (Lipinski definition) is 5. The average Bonchev–Trinajstić information content (AvgIpc) is 3.25. The van der Waals surface area contributed by atoms with Crippen molar-refractivity contribution in [3.05, 3.63) is 30.0 Å². The zero-order valence-electron chi connectivity index (χ0n) is 14.9. The topological polar surface area (TPSA) is 81.0 Å². The first-order valence-electron chi connectivity index (χ1n) is 8.75. The minimum Gasteiger partial charge on any atom is -0.492 e. The summed E-state index contributed by atoms with van der Waals surface area (Å²) >= 11 is 0. The van der Waals surface area contributed by atoms with E-state index in [1.807, 2.05) is 18.2 Å². The van der Waals surface area contributed by atoms with Gasteiger partial charge in [-0.1, -0.05) is 12.1 Å². The number of methoxy groups -OCH3 is 1. The summed E-state index contributed by atoms with van der Waals surface area (Å²) in [5.41, 5.74) is 0.00992. The van der Waals surface area contributed by atoms with Crippen molar-refractivity contribution in [2.24, 2.45) is 11.3 Å². The van der Waals surface area contributed by atoms with Gasteiger partial charge in [-0.2, -0.15) is 0 Å². The molecule has 7 nitrogen and oxygen atoms in total. The molecule has 0 bridgehead atoms. The van der Waals surface area contributed by atoms with E-state index in [1.165, 1.54) is 7.11 Å². The number of furan rings is 1. The Morgan fingerprint density at radius 2 is 2.15 bits per heavy atom. The maximum atomic E-state index is 13.2. The molecule has 0 saturated carbocycles. The highest BCUT2D eigenvalue weighted by molar-refractivity contribution is 6.02. The van der Waals surface area contributed by atoms with Crippen molar-refractivity contribution >= 4 is 22.8 Å². The number of benzene rings is 1. The minimum absolute atomic E-state index is 0.0180. The van der Waals surface area contributed by atoms with E-state index in [-0.39, 0.29) is 23.5 Å². The molecule has 0 radical (unpaired) electrons. The summed E-state index contributed by atoms with van der Waals surface area (Å²) in [4.78, 5) is 27.4. The predicted molar refractivity (Wildman–Crippen MR) is 94.1 cm³/mol. The third-order valence-electron chi connectivity index (χ3n) is 5.62. The number of nitrogens with zero attached hydrogens (tertiary/aromatic N) is 1. The summed E-state index contributed by atoms with van der Waals surface area (Å²) in [6.07, 6.45) is 0.610. The molecule has 26 heavy (non-hydrogen) atoms. The number of nitrogens with one attached hydrogen (secondary N) is 1. The molecule has 2 saturated heterocycles. The molecule has 3 heterocycles. The van der Waals surface area contributed by atoms with Gasteiger partial charge in [-0.05, 0) is 18.6 Å². The van der Waals surface area contributed by atoms with Crippen LogP contribution in [0, 0.1) is 11.3 Å². The zero-order valence-corrected chi connectivity index (χ0v) is 14.9. The fourth-order valence-electron chi connectivity index (χ4n) is 4.23. The Morgan fingerprint density at radius 3 is 2.92 bits per heavy atom. The standard InChI is InChI=1S/C19H22N2O5/c1-20-18(23)19-7-8-25-10-12(19)9-21(11-19)17(22)16-15(24-2)13-5-3-4-6-14(13)26-16/h3-6,12H,7-11H2,1-2H3,(H,20,23)/t12-,19+/m1/s1. The van der Waals surface area contributed by atoms with Gasteiger partial charge in [0.05, 0.1) is 24.5 Å². The van der Waals surface area contributed by atoms with Crippen molar-refractivity contribution in [1.82, 2.24) is 10.2 Å². The van der Waals surface area contributed by atoms with Gasteiger partial charge in [0.25, 0.3) is 5.91 Å². The van der Waals surface area contributed by atoms with Crippen molar-refractivity contribution < 1.29 is 23.5 Å². The van der Waals surface area contributed by atoms with Crippen LogP contribution in [0.4, 0.5) is 0 Å². The number of carbonyl (C=O) groups excluding carboxylic acids is 2. The summed E-state index contributed by atoms with van der Waals surface area (Å²) < 4.78 is 16.8. The molecular weight excluding hydrogens is 336 g/mol. The van der Waals surface area contributed by atoms with E-state index in [1.54, 1.807) is 18.0 Å². The third-order valence-corrected chi connectivity index (χ3v) is 5.62. The third kappa shape index (κ3) is 2.38. The second-order valence-corrected chi connectivity index (χ2v) is 6.90. The maximum absolute atomic E-state index is 13.2. The first-order chi connectivity index (χ1) is 12.6. The van der Waals surface area contributed by atoms with Gasteiger partial charge in [-0.25, -0.2) is 0 Å². The van der Waals surface area contributed by atoms with E-state index in [9.17, 15) is 9.59 Å². The smallest absolute Gasteiger partial charge is 0.293 e. The molecule has 2 atom stereocenters. The molecule has 2 amide bonds. The van der Waals surface area contributed by atoms with E-state index < -0.39 is 5.41 Å². The number of ether oxygens (including phenoxy) is 2. The summed E-state index contributed by atoms with van der Waals surface area (Å²) in [7, 11) is 3.16. The van der Waals surface area contributed by atoms with Crippen LogP contribution in [0.15, 0.2) is 28.7 Å². The van der Waals surface area contributed by atoms with E-state index in [4.69, 9.17) is 13.9 Å². The summed E-state index contributed by atoms with van der Waals surface area (Å²) in [5.74, 6) is 0.315. The molecule has 0 spiro atoms. The average molecular weight is 358 g/mol. The lowest BCUT2D eigenvalue weighted by Crippen LogP contribution is -2.49. The van der Waals surface area contributed by atoms with Gasteiger partial charge < -0.3 is 24.1 Å². The fourth-order valence-corrected chi connectivity index (χ4v) is 4.23. The van der Waals surface area contributed by atoms with Gasteiger partial charge in [-0.15, -0.1) is 0 Å². The molecule has 4 rings (SSSR count). The second-order valence-electron chi connectivity index (χ2n) is 6.90. The van der Waals surface area contributed by atoms with Gasteiger partial charge in [0.2, 0.25) is 11.7 Å². The van der Waals surface area contributed by atoms with Crippen LogP contribution in [0.25, 0.3) is 11.0 Å². The minimum atomic E-state index is -0.595. The highest BCUT2D eigenvalue weighted by Crippen LogP contribution is 2.44. The Bertz CT molecular complexity index is 861. The van der Waals surface area contributed by atoms with E-state index in [2.05, 4.69) is 5.32 Å². The SMILES string of the molecule is CNC(=O)[C@]12CCOC[C@H]1CN(C(=O)c1oc3ccccc3c1OC)C2. The molecular formula is C19H22N2O5. The zero-order chi connectivity index (χ0) is 18.3. The molecule has 7 heteroatoms. The number of fused-ring (bicyclic) bond motifs is 2. The van der Waals surface area contributed by atoms with Crippen LogP contribution < -0.4 is 10.1 Å². The van der Waals surface area contributed by atoms with E-state index in [0.29, 0.717) is 44.1 Å². The molecule has 1 aromatic carbocycles. The number of rotatable bonds is 3. The molecule has 2 aliphatic rings. The van der Waals surface area contributed by atoms with Gasteiger partial charge >= 0.3 is 0 Å². The number of para-hydroxylation sites is 1. The van der Waals surface area contributed by atoms with Gasteiger partial charge in [0.15, 0.2) is 5.75 Å². The highest BCUT2D eigenvalue weighted by atomic mass is 16.5. The lowest BCUT2D eigenvalue weighted by molar-refractivity contribution is -0.138. The van der Waals surface area contributed by atoms with Crippen molar-refractivity contribution in [2.75, 3.05) is 40.5 Å². The van der Waals surface area contributed by atoms with Crippen LogP contribution in [-0.4, -0.2) is 57.2 Å². The number of carbonyl (C=O) groups is 2. The quantitative estimate of drug-likeness (QED) is 0.903. The molecule has 2 aliphatic heterocycles. The van der Waals surface area contributed by atoms with E-state index in [0.717, 1.165) is 5.39 Å². The molecule has 1 aromatic heterocycles. The van der Waals surface area contributed by atoms with Crippen molar-refractivity contribution in [2.45, 2.75) is 6.42 Å². The first-order valence-corrected chi connectivity index (χ1v) is 8.75. The van der Waals surface area contributed by atoms with Crippen molar-refractivity contribution in [3.8, 4) is 5.75 Å². The Kier molecular flexibility index (Phi) is 4.11. The van der Waals surface area contributed by atoms with Crippen LogP contribution in [0.2, 0.25) is 0 Å². The molecule has 0 aliphatic carbocycles. The Hall–Kier alpha value is -2.54. The maximum Gasteiger partial charge on any atom is 0.293 e. The Morgan fingerprint density at radius 1 is 1.35 bits per heavy atom. The van der Waals surface area contributed by atoms with E-state index >= 15 is 0 Å². The molecule has 0 unspecified atom stereocenters. The first kappa shape index (κ1) is 16.9. The normalized spacial score (nSPS) is 25.2. The van der Waals surface area contributed by atoms with Crippen LogP contribution in [0.3, 0.4) is 0 Å². The van der Waals surface area contributed by atoms with Gasteiger partial charge in [0.1, 0.15) is 5.58 Å². The van der Waals surface area contributed by atoms with Gasteiger partial charge in [0, 0.05) is 32.7 Å². The monoisotopic (exact) mass is 358 g/mol. The predicted octanol–water partition coefficient (Wildman–Crippen LogP) is 1.67. The lowest BCUT2D eigenvalue weighted by atomic mass is 9.73. The molecule has 138 valence electrons. The van der Waals surface area contributed by atoms with Crippen LogP contribution in [0.1, 0.15) is 17.0 Å². The highest BCUT2D eigenvalue weighted by Gasteiger charge is 2.54. The van der Waals surface area contributed by atoms with Crippen LogP contribution in [0.5, 0.6) is 5.75 Å². The second kappa shape index (κ2) is 6.32. The number of hydrogen-bond donors (Lipinski definition) is 1. The molecule has 1 N–H and O–H groups in total. The Balaban J connectivity index is 1.68.